The monoisotopic (exact) mass is 196 g/mol. The molecule has 0 unspecified atom stereocenters. The first-order valence-corrected chi connectivity index (χ1v) is 4.13. The molecule has 0 aromatic carbocycles. The lowest BCUT2D eigenvalue weighted by Gasteiger charge is -2.17. The van der Waals surface area contributed by atoms with Crippen LogP contribution in [0.4, 0.5) is 0 Å². The van der Waals surface area contributed by atoms with E-state index in [0.717, 1.165) is 0 Å². The van der Waals surface area contributed by atoms with Gasteiger partial charge in [0.25, 0.3) is 0 Å². The lowest BCUT2D eigenvalue weighted by molar-refractivity contribution is -0.121. The molecule has 1 aliphatic carbocycles. The quantitative estimate of drug-likeness (QED) is 0.618. The van der Waals surface area contributed by atoms with Crippen LogP contribution in [0.15, 0.2) is 22.7 Å². The van der Waals surface area contributed by atoms with E-state index in [-0.39, 0.29) is 23.1 Å². The van der Waals surface area contributed by atoms with Crippen LogP contribution in [-0.4, -0.2) is 25.8 Å². The van der Waals surface area contributed by atoms with Crippen molar-refractivity contribution in [2.45, 2.75) is 13.8 Å². The maximum absolute atomic E-state index is 11.6. The number of hydrogen-bond donors (Lipinski definition) is 0. The van der Waals surface area contributed by atoms with Gasteiger partial charge in [-0.3, -0.25) is 9.59 Å². The third kappa shape index (κ3) is 1.32. The first-order valence-electron chi connectivity index (χ1n) is 4.13. The SMILES string of the molecule is COC1=C(OC)C(=O)C(C)=C(C)C1=O. The Labute approximate surface area is 82.2 Å². The highest BCUT2D eigenvalue weighted by molar-refractivity contribution is 6.23. The van der Waals surface area contributed by atoms with Gasteiger partial charge in [0.1, 0.15) is 0 Å². The molecule has 0 aromatic heterocycles. The van der Waals surface area contributed by atoms with Crippen molar-refractivity contribution >= 4 is 11.6 Å². The Morgan fingerprint density at radius 2 is 1.07 bits per heavy atom. The van der Waals surface area contributed by atoms with E-state index in [1.807, 2.05) is 0 Å². The van der Waals surface area contributed by atoms with E-state index in [2.05, 4.69) is 0 Å². The van der Waals surface area contributed by atoms with Crippen molar-refractivity contribution < 1.29 is 19.1 Å². The zero-order valence-corrected chi connectivity index (χ0v) is 8.63. The highest BCUT2D eigenvalue weighted by Crippen LogP contribution is 2.24. The maximum atomic E-state index is 11.6. The third-order valence-electron chi connectivity index (χ3n) is 2.27. The van der Waals surface area contributed by atoms with Gasteiger partial charge >= 0.3 is 0 Å². The Hall–Kier alpha value is -1.58. The maximum Gasteiger partial charge on any atom is 0.227 e. The summed E-state index contributed by atoms with van der Waals surface area (Å²) in [5.41, 5.74) is 0.820. The molecule has 0 saturated heterocycles. The smallest absolute Gasteiger partial charge is 0.227 e. The van der Waals surface area contributed by atoms with Gasteiger partial charge in [-0.2, -0.15) is 0 Å². The number of ether oxygens (including phenoxy) is 2. The van der Waals surface area contributed by atoms with Crippen LogP contribution in [0.3, 0.4) is 0 Å². The van der Waals surface area contributed by atoms with Crippen molar-refractivity contribution in [3.05, 3.63) is 22.7 Å². The van der Waals surface area contributed by atoms with Gasteiger partial charge in [0.2, 0.25) is 23.1 Å². The summed E-state index contributed by atoms with van der Waals surface area (Å²) in [6.07, 6.45) is 0. The number of rotatable bonds is 2. The van der Waals surface area contributed by atoms with Gasteiger partial charge in [0, 0.05) is 11.1 Å². The molecule has 0 atom stereocenters. The zero-order valence-electron chi connectivity index (χ0n) is 8.63. The van der Waals surface area contributed by atoms with Crippen LogP contribution in [-0.2, 0) is 19.1 Å². The number of methoxy groups -OCH3 is 2. The molecular formula is C10H12O4. The van der Waals surface area contributed by atoms with E-state index in [9.17, 15) is 9.59 Å². The molecule has 1 rings (SSSR count). The summed E-state index contributed by atoms with van der Waals surface area (Å²) in [7, 11) is 2.68. The van der Waals surface area contributed by atoms with Crippen molar-refractivity contribution in [2.75, 3.05) is 14.2 Å². The van der Waals surface area contributed by atoms with E-state index in [1.54, 1.807) is 13.8 Å². The van der Waals surface area contributed by atoms with Crippen LogP contribution in [0.1, 0.15) is 13.8 Å². The normalized spacial score (nSPS) is 17.7. The summed E-state index contributed by atoms with van der Waals surface area (Å²) in [5, 5.41) is 0. The summed E-state index contributed by atoms with van der Waals surface area (Å²) >= 11 is 0. The summed E-state index contributed by atoms with van der Waals surface area (Å²) in [5.74, 6) is -0.607. The molecule has 0 N–H and O–H groups in total. The number of carbonyl (C=O) groups excluding carboxylic acids is 2. The van der Waals surface area contributed by atoms with E-state index < -0.39 is 0 Å². The fourth-order valence-electron chi connectivity index (χ4n) is 1.26. The highest BCUT2D eigenvalue weighted by atomic mass is 16.5. The molecule has 4 heteroatoms. The van der Waals surface area contributed by atoms with Gasteiger partial charge in [-0.1, -0.05) is 0 Å². The molecule has 0 spiro atoms. The van der Waals surface area contributed by atoms with Crippen LogP contribution in [0, 0.1) is 0 Å². The van der Waals surface area contributed by atoms with E-state index in [1.165, 1.54) is 14.2 Å². The molecular weight excluding hydrogens is 184 g/mol. The Balaban J connectivity index is 3.31. The minimum Gasteiger partial charge on any atom is -0.489 e. The lowest BCUT2D eigenvalue weighted by atomic mass is 9.94. The van der Waals surface area contributed by atoms with Gasteiger partial charge in [-0.15, -0.1) is 0 Å². The molecule has 0 amide bonds. The summed E-state index contributed by atoms with van der Waals surface area (Å²) < 4.78 is 9.69. The third-order valence-corrected chi connectivity index (χ3v) is 2.27. The largest absolute Gasteiger partial charge is 0.489 e. The van der Waals surface area contributed by atoms with Gasteiger partial charge in [0.15, 0.2) is 0 Å². The standard InChI is InChI=1S/C10H12O4/c1-5-6(2)8(12)10(14-4)9(13-3)7(5)11/h1-4H3. The van der Waals surface area contributed by atoms with Crippen molar-refractivity contribution in [2.24, 2.45) is 0 Å². The second kappa shape index (κ2) is 3.65. The van der Waals surface area contributed by atoms with E-state index >= 15 is 0 Å². The van der Waals surface area contributed by atoms with Crippen LogP contribution in [0.5, 0.6) is 0 Å². The fraction of sp³-hybridized carbons (Fsp3) is 0.400. The predicted molar refractivity (Wildman–Crippen MR) is 49.4 cm³/mol. The topological polar surface area (TPSA) is 52.6 Å². The summed E-state index contributed by atoms with van der Waals surface area (Å²) in [4.78, 5) is 23.2. The van der Waals surface area contributed by atoms with Gasteiger partial charge < -0.3 is 9.47 Å². The number of hydrogen-bond acceptors (Lipinski definition) is 4. The zero-order chi connectivity index (χ0) is 10.9. The lowest BCUT2D eigenvalue weighted by Crippen LogP contribution is -2.23. The molecule has 0 aliphatic heterocycles. The van der Waals surface area contributed by atoms with Gasteiger partial charge in [-0.25, -0.2) is 0 Å². The fourth-order valence-corrected chi connectivity index (χ4v) is 1.26. The Kier molecular flexibility index (Phi) is 2.74. The molecule has 76 valence electrons. The average molecular weight is 196 g/mol. The van der Waals surface area contributed by atoms with Gasteiger partial charge in [0.05, 0.1) is 14.2 Å². The van der Waals surface area contributed by atoms with Gasteiger partial charge in [-0.05, 0) is 13.8 Å². The van der Waals surface area contributed by atoms with E-state index in [0.29, 0.717) is 11.1 Å². The molecule has 0 fully saturated rings. The second-order valence-electron chi connectivity index (χ2n) is 2.97. The molecule has 0 bridgehead atoms. The van der Waals surface area contributed by atoms with Crippen LogP contribution in [0.2, 0.25) is 0 Å². The molecule has 0 radical (unpaired) electrons. The minimum absolute atomic E-state index is 0.0133. The highest BCUT2D eigenvalue weighted by Gasteiger charge is 2.32. The predicted octanol–water partition coefficient (Wildman–Crippen LogP) is 0.979. The molecule has 0 saturated carbocycles. The summed E-state index contributed by atoms with van der Waals surface area (Å²) in [6, 6.07) is 0. The molecule has 0 heterocycles. The first-order chi connectivity index (χ1) is 6.54. The number of carbonyl (C=O) groups is 2. The van der Waals surface area contributed by atoms with Crippen molar-refractivity contribution in [1.29, 1.82) is 0 Å². The second-order valence-corrected chi connectivity index (χ2v) is 2.97. The molecule has 4 nitrogen and oxygen atoms in total. The minimum atomic E-state index is -0.290. The Morgan fingerprint density at radius 3 is 1.29 bits per heavy atom. The average Bonchev–Trinajstić information content (AvgIpc) is 2.20. The molecule has 14 heavy (non-hydrogen) atoms. The number of ketones is 2. The first kappa shape index (κ1) is 10.5. The van der Waals surface area contributed by atoms with Crippen molar-refractivity contribution in [1.82, 2.24) is 0 Å². The Morgan fingerprint density at radius 1 is 0.786 bits per heavy atom. The van der Waals surface area contributed by atoms with Crippen LogP contribution >= 0.6 is 0 Å². The van der Waals surface area contributed by atoms with Crippen LogP contribution < -0.4 is 0 Å². The number of Topliss-reactive ketones (excluding diaryl/α,β-unsaturated/α-hetero) is 2. The van der Waals surface area contributed by atoms with Crippen molar-refractivity contribution in [3.8, 4) is 0 Å². The summed E-state index contributed by atoms with van der Waals surface area (Å²) in [6.45, 7) is 3.20. The van der Waals surface area contributed by atoms with E-state index in [4.69, 9.17) is 9.47 Å². The molecule has 0 aromatic rings. The van der Waals surface area contributed by atoms with Crippen LogP contribution in [0.25, 0.3) is 0 Å². The van der Waals surface area contributed by atoms with Crippen molar-refractivity contribution in [3.63, 3.8) is 0 Å². The Bertz CT molecular complexity index is 326. The molecule has 1 aliphatic rings. The number of allylic oxidation sites excluding steroid dienone is 2.